The highest BCUT2D eigenvalue weighted by atomic mass is 79.9. The molecular formula is C25H20Br2N4O2. The van der Waals surface area contributed by atoms with E-state index in [2.05, 4.69) is 44.0 Å². The number of nitrogens with zero attached hydrogens (tertiary/aromatic N) is 3. The van der Waals surface area contributed by atoms with Crippen molar-refractivity contribution in [3.05, 3.63) is 84.7 Å². The first-order valence-corrected chi connectivity index (χ1v) is 11.9. The quantitative estimate of drug-likeness (QED) is 0.531. The number of carbonyl (C=O) groups is 1. The maximum atomic E-state index is 13.0. The molecule has 0 saturated carbocycles. The summed E-state index contributed by atoms with van der Waals surface area (Å²) in [5.74, 6) is 0.458. The highest BCUT2D eigenvalue weighted by Crippen LogP contribution is 2.46. The minimum absolute atomic E-state index is 0.0500. The molecule has 2 N–H and O–H groups in total. The van der Waals surface area contributed by atoms with Crippen molar-refractivity contribution in [2.75, 3.05) is 7.05 Å². The van der Waals surface area contributed by atoms with E-state index < -0.39 is 5.92 Å². The molecule has 1 aliphatic carbocycles. The molecule has 0 aromatic heterocycles. The zero-order valence-electron chi connectivity index (χ0n) is 17.9. The minimum Gasteiger partial charge on any atom is -0.486 e. The van der Waals surface area contributed by atoms with E-state index in [9.17, 15) is 15.3 Å². The van der Waals surface area contributed by atoms with Gasteiger partial charge >= 0.3 is 0 Å². The van der Waals surface area contributed by atoms with Crippen molar-refractivity contribution in [2.45, 2.75) is 31.8 Å². The SMILES string of the molecule is CN1C(N)=C(C#N)[C@H](c2cc(Br)c(OCc3ccccc3C#N)c(Br)c2)C2=C1CCCC2=O. The first-order valence-electron chi connectivity index (χ1n) is 10.4. The second-order valence-corrected chi connectivity index (χ2v) is 9.62. The zero-order valence-corrected chi connectivity index (χ0v) is 21.0. The predicted octanol–water partition coefficient (Wildman–Crippen LogP) is 5.39. The van der Waals surface area contributed by atoms with Crippen LogP contribution >= 0.6 is 31.9 Å². The Kier molecular flexibility index (Phi) is 6.60. The van der Waals surface area contributed by atoms with E-state index in [0.717, 1.165) is 29.7 Å². The van der Waals surface area contributed by atoms with E-state index in [0.29, 0.717) is 43.6 Å². The van der Waals surface area contributed by atoms with Crippen LogP contribution in [0.4, 0.5) is 0 Å². The number of rotatable bonds is 4. The van der Waals surface area contributed by atoms with Crippen LogP contribution in [0.25, 0.3) is 0 Å². The van der Waals surface area contributed by atoms with Crippen molar-refractivity contribution >= 4 is 37.6 Å². The average Bonchev–Trinajstić information content (AvgIpc) is 2.81. The van der Waals surface area contributed by atoms with E-state index in [4.69, 9.17) is 10.5 Å². The Labute approximate surface area is 209 Å². The highest BCUT2D eigenvalue weighted by Gasteiger charge is 2.39. The van der Waals surface area contributed by atoms with E-state index >= 15 is 0 Å². The predicted molar refractivity (Wildman–Crippen MR) is 131 cm³/mol. The van der Waals surface area contributed by atoms with Crippen LogP contribution in [0, 0.1) is 22.7 Å². The molecule has 0 spiro atoms. The van der Waals surface area contributed by atoms with Crippen molar-refractivity contribution in [3.63, 3.8) is 0 Å². The van der Waals surface area contributed by atoms with Gasteiger partial charge in [0.2, 0.25) is 0 Å². The molecule has 1 atom stereocenters. The molecule has 166 valence electrons. The minimum atomic E-state index is -0.532. The lowest BCUT2D eigenvalue weighted by molar-refractivity contribution is -0.116. The number of halogens is 2. The number of nitrogens with two attached hydrogens (primary N) is 1. The molecule has 8 heteroatoms. The molecule has 1 aliphatic heterocycles. The summed E-state index contributed by atoms with van der Waals surface area (Å²) in [6, 6.07) is 15.4. The number of hydrogen-bond donors (Lipinski definition) is 1. The summed E-state index contributed by atoms with van der Waals surface area (Å²) in [5.41, 5.74) is 10.3. The van der Waals surface area contributed by atoms with Gasteiger partial charge in [-0.05, 0) is 68.5 Å². The van der Waals surface area contributed by atoms with Crippen LogP contribution in [0.2, 0.25) is 0 Å². The second-order valence-electron chi connectivity index (χ2n) is 7.91. The third-order valence-corrected chi connectivity index (χ3v) is 7.21. The molecule has 0 amide bonds. The Morgan fingerprint density at radius 1 is 1.15 bits per heavy atom. The number of Topliss-reactive ketones (excluding diaryl/α,β-unsaturated/α-hetero) is 1. The summed E-state index contributed by atoms with van der Waals surface area (Å²) < 4.78 is 7.36. The normalized spacial score (nSPS) is 18.0. The van der Waals surface area contributed by atoms with Crippen molar-refractivity contribution in [3.8, 4) is 17.9 Å². The number of nitriles is 2. The van der Waals surface area contributed by atoms with Gasteiger partial charge in [-0.3, -0.25) is 4.79 Å². The monoisotopic (exact) mass is 566 g/mol. The number of ketones is 1. The fourth-order valence-corrected chi connectivity index (χ4v) is 5.84. The summed E-state index contributed by atoms with van der Waals surface area (Å²) in [7, 11) is 1.80. The van der Waals surface area contributed by atoms with Gasteiger partial charge in [-0.25, -0.2) is 0 Å². The number of allylic oxidation sites excluding steroid dienone is 3. The fraction of sp³-hybridized carbons (Fsp3) is 0.240. The number of hydrogen-bond acceptors (Lipinski definition) is 6. The van der Waals surface area contributed by atoms with Crippen LogP contribution in [0.1, 0.15) is 41.9 Å². The third-order valence-electron chi connectivity index (χ3n) is 6.03. The summed E-state index contributed by atoms with van der Waals surface area (Å²) >= 11 is 7.17. The summed E-state index contributed by atoms with van der Waals surface area (Å²) in [6.45, 7) is 0.221. The van der Waals surface area contributed by atoms with Crippen LogP contribution in [-0.2, 0) is 11.4 Å². The Hall–Kier alpha value is -3.07. The first-order chi connectivity index (χ1) is 15.9. The number of ether oxygens (including phenoxy) is 1. The highest BCUT2D eigenvalue weighted by molar-refractivity contribution is 9.11. The van der Waals surface area contributed by atoms with Crippen LogP contribution < -0.4 is 10.5 Å². The Balaban J connectivity index is 1.74. The van der Waals surface area contributed by atoms with Crippen molar-refractivity contribution < 1.29 is 9.53 Å². The first kappa shape index (κ1) is 23.1. The van der Waals surface area contributed by atoms with E-state index in [1.54, 1.807) is 18.0 Å². The van der Waals surface area contributed by atoms with Gasteiger partial charge in [0.05, 0.1) is 38.1 Å². The standard InChI is InChI=1S/C25H20Br2N4O2/c1-31-20-7-4-8-21(32)23(20)22(17(12-29)25(31)30)16-9-18(26)24(19(27)10-16)33-13-15-6-3-2-5-14(15)11-28/h2-3,5-6,9-10,22H,4,7-8,13,30H2,1H3/t22-/m0/s1. The van der Waals surface area contributed by atoms with Crippen molar-refractivity contribution in [1.29, 1.82) is 10.5 Å². The maximum Gasteiger partial charge on any atom is 0.161 e. The lowest BCUT2D eigenvalue weighted by Gasteiger charge is -2.37. The van der Waals surface area contributed by atoms with Gasteiger partial charge in [0.15, 0.2) is 5.78 Å². The van der Waals surface area contributed by atoms with Crippen molar-refractivity contribution in [1.82, 2.24) is 4.90 Å². The van der Waals surface area contributed by atoms with Crippen LogP contribution in [-0.4, -0.2) is 17.7 Å². The molecule has 33 heavy (non-hydrogen) atoms. The molecule has 0 radical (unpaired) electrons. The molecule has 0 unspecified atom stereocenters. The van der Waals surface area contributed by atoms with Gasteiger partial charge in [-0.2, -0.15) is 10.5 Å². The lowest BCUT2D eigenvalue weighted by atomic mass is 9.76. The van der Waals surface area contributed by atoms with Gasteiger partial charge in [0.1, 0.15) is 18.2 Å². The van der Waals surface area contributed by atoms with E-state index in [1.165, 1.54) is 0 Å². The summed E-state index contributed by atoms with van der Waals surface area (Å²) in [6.07, 6.45) is 1.98. The Morgan fingerprint density at radius 2 is 1.85 bits per heavy atom. The van der Waals surface area contributed by atoms with Gasteiger partial charge in [-0.1, -0.05) is 18.2 Å². The fourth-order valence-electron chi connectivity index (χ4n) is 4.39. The van der Waals surface area contributed by atoms with E-state index in [-0.39, 0.29) is 12.4 Å². The third kappa shape index (κ3) is 4.17. The van der Waals surface area contributed by atoms with Gasteiger partial charge in [-0.15, -0.1) is 0 Å². The molecule has 1 heterocycles. The summed E-state index contributed by atoms with van der Waals surface area (Å²) in [5, 5.41) is 19.2. The molecule has 0 saturated heterocycles. The smallest absolute Gasteiger partial charge is 0.161 e. The number of carbonyl (C=O) groups excluding carboxylic acids is 1. The van der Waals surface area contributed by atoms with Crippen molar-refractivity contribution in [2.24, 2.45) is 5.73 Å². The molecular weight excluding hydrogens is 548 g/mol. The number of benzene rings is 2. The van der Waals surface area contributed by atoms with Crippen LogP contribution in [0.15, 0.2) is 68.0 Å². The van der Waals surface area contributed by atoms with Gasteiger partial charge in [0, 0.05) is 30.3 Å². The molecule has 2 aromatic rings. The Morgan fingerprint density at radius 3 is 2.52 bits per heavy atom. The molecule has 0 fully saturated rings. The zero-order chi connectivity index (χ0) is 23.7. The Bertz CT molecular complexity index is 1280. The molecule has 6 nitrogen and oxygen atoms in total. The molecule has 2 aromatic carbocycles. The molecule has 4 rings (SSSR count). The molecule has 0 bridgehead atoms. The van der Waals surface area contributed by atoms with Gasteiger partial charge in [0.25, 0.3) is 0 Å². The topological polar surface area (TPSA) is 103 Å². The van der Waals surface area contributed by atoms with E-state index in [1.807, 2.05) is 30.3 Å². The van der Waals surface area contributed by atoms with Crippen LogP contribution in [0.3, 0.4) is 0 Å². The average molecular weight is 568 g/mol. The van der Waals surface area contributed by atoms with Crippen LogP contribution in [0.5, 0.6) is 5.75 Å². The maximum absolute atomic E-state index is 13.0. The second kappa shape index (κ2) is 9.43. The molecule has 2 aliphatic rings. The largest absolute Gasteiger partial charge is 0.486 e. The lowest BCUT2D eigenvalue weighted by Crippen LogP contribution is -2.36. The summed E-state index contributed by atoms with van der Waals surface area (Å²) in [4.78, 5) is 14.7. The van der Waals surface area contributed by atoms with Gasteiger partial charge < -0.3 is 15.4 Å².